The van der Waals surface area contributed by atoms with Crippen LogP contribution in [0.1, 0.15) is 36.8 Å². The van der Waals surface area contributed by atoms with Crippen LogP contribution in [0.4, 0.5) is 0 Å². The fourth-order valence-electron chi connectivity index (χ4n) is 6.19. The van der Waals surface area contributed by atoms with Crippen molar-refractivity contribution in [1.82, 2.24) is 9.21 Å². The fourth-order valence-corrected chi connectivity index (χ4v) is 7.74. The molecule has 1 saturated heterocycles. The highest BCUT2D eigenvalue weighted by Gasteiger charge is 2.38. The average molecular weight is 607 g/mol. The first-order valence-electron chi connectivity index (χ1n) is 15.2. The number of rotatable bonds is 13. The van der Waals surface area contributed by atoms with E-state index in [1.54, 1.807) is 17.0 Å². The highest BCUT2D eigenvalue weighted by molar-refractivity contribution is 7.89. The molecule has 1 heterocycles. The van der Waals surface area contributed by atoms with Gasteiger partial charge >= 0.3 is 0 Å². The Hall–Kier alpha value is -3.24. The lowest BCUT2D eigenvalue weighted by Crippen LogP contribution is -2.58. The molecule has 1 amide bonds. The summed E-state index contributed by atoms with van der Waals surface area (Å²) in [7, 11) is -2.35. The zero-order chi connectivity index (χ0) is 30.2. The third-order valence-electron chi connectivity index (χ3n) is 8.52. The molecule has 230 valence electrons. The molecule has 3 aromatic carbocycles. The van der Waals surface area contributed by atoms with Crippen molar-refractivity contribution >= 4 is 15.9 Å². The summed E-state index contributed by atoms with van der Waals surface area (Å²) in [6.45, 7) is 0.592. The lowest BCUT2D eigenvalue weighted by atomic mass is 9.99. The first-order chi connectivity index (χ1) is 20.8. The Morgan fingerprint density at radius 3 is 2.14 bits per heavy atom. The second-order valence-corrected chi connectivity index (χ2v) is 13.6. The maximum Gasteiger partial charge on any atom is 0.252 e. The number of benzene rings is 3. The van der Waals surface area contributed by atoms with Crippen LogP contribution in [0.3, 0.4) is 0 Å². The number of morpholine rings is 1. The standard InChI is InChI=1S/C34H42N2O6S/c1-41-31-16-18-32(19-17-31)43(39,40)35(22-28-14-8-9-15-28)23-30(37)24-36-29(20-26-10-4-2-5-11-26)25-42-33(34(36)38)21-27-12-6-3-7-13-27/h2-7,10-13,16-19,28-30,33,37H,8-9,14-15,20-25H2,1H3/t29-,30+,33+/m0/s1. The Balaban J connectivity index is 1.35. The number of nitrogens with zero attached hydrogens (tertiary/aromatic N) is 2. The van der Waals surface area contributed by atoms with Gasteiger partial charge in [0.1, 0.15) is 11.9 Å². The van der Waals surface area contributed by atoms with E-state index < -0.39 is 22.2 Å². The lowest BCUT2D eigenvalue weighted by Gasteiger charge is -2.41. The van der Waals surface area contributed by atoms with Gasteiger partial charge in [-0.05, 0) is 60.6 Å². The van der Waals surface area contributed by atoms with Crippen LogP contribution in [0.2, 0.25) is 0 Å². The zero-order valence-electron chi connectivity index (χ0n) is 24.8. The molecule has 0 aromatic heterocycles. The molecule has 8 nitrogen and oxygen atoms in total. The van der Waals surface area contributed by atoms with Crippen LogP contribution in [-0.4, -0.2) is 80.2 Å². The van der Waals surface area contributed by atoms with E-state index in [0.29, 0.717) is 31.7 Å². The van der Waals surface area contributed by atoms with E-state index in [9.17, 15) is 18.3 Å². The lowest BCUT2D eigenvalue weighted by molar-refractivity contribution is -0.161. The van der Waals surface area contributed by atoms with Gasteiger partial charge < -0.3 is 19.5 Å². The molecular weight excluding hydrogens is 564 g/mol. The van der Waals surface area contributed by atoms with E-state index in [4.69, 9.17) is 9.47 Å². The molecule has 2 fully saturated rings. The number of aliphatic hydroxyl groups is 1. The van der Waals surface area contributed by atoms with Crippen molar-refractivity contribution in [2.24, 2.45) is 5.92 Å². The van der Waals surface area contributed by atoms with Gasteiger partial charge in [0.05, 0.1) is 30.8 Å². The predicted octanol–water partition coefficient (Wildman–Crippen LogP) is 4.32. The van der Waals surface area contributed by atoms with Gasteiger partial charge in [-0.2, -0.15) is 4.31 Å². The smallest absolute Gasteiger partial charge is 0.252 e. The minimum Gasteiger partial charge on any atom is -0.497 e. The summed E-state index contributed by atoms with van der Waals surface area (Å²) in [6.07, 6.45) is 3.36. The number of hydrogen-bond donors (Lipinski definition) is 1. The molecule has 1 saturated carbocycles. The molecule has 43 heavy (non-hydrogen) atoms. The third kappa shape index (κ3) is 8.03. The van der Waals surface area contributed by atoms with Crippen LogP contribution in [0.25, 0.3) is 0 Å². The van der Waals surface area contributed by atoms with Gasteiger partial charge in [0.15, 0.2) is 0 Å². The zero-order valence-corrected chi connectivity index (χ0v) is 25.6. The van der Waals surface area contributed by atoms with E-state index in [-0.39, 0.29) is 35.9 Å². The number of ether oxygens (including phenoxy) is 2. The molecule has 1 aliphatic carbocycles. The number of amides is 1. The molecule has 9 heteroatoms. The monoisotopic (exact) mass is 606 g/mol. The number of hydrogen-bond acceptors (Lipinski definition) is 6. The van der Waals surface area contributed by atoms with Crippen molar-refractivity contribution in [3.63, 3.8) is 0 Å². The van der Waals surface area contributed by atoms with E-state index in [2.05, 4.69) is 0 Å². The van der Waals surface area contributed by atoms with Gasteiger partial charge in [-0.1, -0.05) is 73.5 Å². The molecule has 0 radical (unpaired) electrons. The number of carbonyl (C=O) groups is 1. The molecule has 0 bridgehead atoms. The Bertz CT molecular complexity index is 1410. The Kier molecular flexibility index (Phi) is 10.5. The molecule has 2 aliphatic rings. The summed E-state index contributed by atoms with van der Waals surface area (Å²) in [6, 6.07) is 25.7. The maximum atomic E-state index is 13.9. The molecule has 5 rings (SSSR count). The van der Waals surface area contributed by atoms with E-state index in [1.165, 1.54) is 23.5 Å². The topological polar surface area (TPSA) is 96.4 Å². The summed E-state index contributed by atoms with van der Waals surface area (Å²) in [5, 5.41) is 11.5. The Morgan fingerprint density at radius 2 is 1.53 bits per heavy atom. The molecule has 0 unspecified atom stereocenters. The Morgan fingerprint density at radius 1 is 0.930 bits per heavy atom. The molecule has 3 aromatic rings. The van der Waals surface area contributed by atoms with Crippen LogP contribution >= 0.6 is 0 Å². The van der Waals surface area contributed by atoms with Gasteiger partial charge in [-0.25, -0.2) is 8.42 Å². The number of aliphatic hydroxyl groups excluding tert-OH is 1. The van der Waals surface area contributed by atoms with Crippen LogP contribution in [-0.2, 0) is 32.4 Å². The van der Waals surface area contributed by atoms with Crippen molar-refractivity contribution < 1.29 is 27.8 Å². The summed E-state index contributed by atoms with van der Waals surface area (Å²) in [5.41, 5.74) is 2.06. The number of methoxy groups -OCH3 is 1. The molecule has 1 N–H and O–H groups in total. The fraction of sp³-hybridized carbons (Fsp3) is 0.441. The average Bonchev–Trinajstić information content (AvgIpc) is 3.54. The van der Waals surface area contributed by atoms with Crippen molar-refractivity contribution in [2.75, 3.05) is 33.4 Å². The van der Waals surface area contributed by atoms with Crippen molar-refractivity contribution in [2.45, 2.75) is 61.7 Å². The second kappa shape index (κ2) is 14.5. The van der Waals surface area contributed by atoms with Crippen molar-refractivity contribution in [1.29, 1.82) is 0 Å². The molecular formula is C34H42N2O6S. The minimum atomic E-state index is -3.89. The SMILES string of the molecule is COc1ccc(S(=O)(=O)N(CC2CCCC2)C[C@@H](O)CN2C(=O)[C@@H](Cc3ccccc3)OC[C@@H]2Cc2ccccc2)cc1. The highest BCUT2D eigenvalue weighted by Crippen LogP contribution is 2.29. The van der Waals surface area contributed by atoms with Crippen LogP contribution in [0.5, 0.6) is 5.75 Å². The van der Waals surface area contributed by atoms with Gasteiger partial charge in [0.2, 0.25) is 10.0 Å². The van der Waals surface area contributed by atoms with E-state index in [0.717, 1.165) is 36.8 Å². The highest BCUT2D eigenvalue weighted by atomic mass is 32.2. The second-order valence-electron chi connectivity index (χ2n) is 11.6. The largest absolute Gasteiger partial charge is 0.497 e. The Labute approximate surface area is 255 Å². The first kappa shape index (κ1) is 31.2. The van der Waals surface area contributed by atoms with Crippen LogP contribution in [0.15, 0.2) is 89.8 Å². The molecule has 3 atom stereocenters. The van der Waals surface area contributed by atoms with E-state index in [1.807, 2.05) is 60.7 Å². The quantitative estimate of drug-likeness (QED) is 0.312. The molecule has 0 spiro atoms. The van der Waals surface area contributed by atoms with Crippen molar-refractivity contribution in [3.8, 4) is 5.75 Å². The van der Waals surface area contributed by atoms with Crippen molar-refractivity contribution in [3.05, 3.63) is 96.1 Å². The van der Waals surface area contributed by atoms with Gasteiger partial charge in [-0.15, -0.1) is 0 Å². The third-order valence-corrected chi connectivity index (χ3v) is 10.4. The van der Waals surface area contributed by atoms with Gasteiger partial charge in [0, 0.05) is 26.1 Å². The minimum absolute atomic E-state index is 0.0181. The summed E-state index contributed by atoms with van der Waals surface area (Å²) < 4.78 is 40.4. The first-order valence-corrected chi connectivity index (χ1v) is 16.6. The van der Waals surface area contributed by atoms with Crippen LogP contribution < -0.4 is 4.74 Å². The number of sulfonamides is 1. The summed E-state index contributed by atoms with van der Waals surface area (Å²) in [4.78, 5) is 15.7. The number of β-amino-alcohol motifs (C(OH)–C–C–N with tert-alkyl or cyclic N) is 1. The number of carbonyl (C=O) groups excluding carboxylic acids is 1. The van der Waals surface area contributed by atoms with Gasteiger partial charge in [0.25, 0.3) is 5.91 Å². The predicted molar refractivity (Wildman–Crippen MR) is 165 cm³/mol. The van der Waals surface area contributed by atoms with E-state index >= 15 is 0 Å². The summed E-state index contributed by atoms with van der Waals surface area (Å²) in [5.74, 6) is 0.628. The van der Waals surface area contributed by atoms with Crippen LogP contribution in [0, 0.1) is 5.92 Å². The summed E-state index contributed by atoms with van der Waals surface area (Å²) >= 11 is 0. The maximum absolute atomic E-state index is 13.9. The normalized spacial score (nSPS) is 20.4. The van der Waals surface area contributed by atoms with Gasteiger partial charge in [-0.3, -0.25) is 4.79 Å². The molecule has 1 aliphatic heterocycles.